The Hall–Kier alpha value is -2.15. The summed E-state index contributed by atoms with van der Waals surface area (Å²) in [7, 11) is 1.55. The highest BCUT2D eigenvalue weighted by Crippen LogP contribution is 2.23. The van der Waals surface area contributed by atoms with Gasteiger partial charge in [0.25, 0.3) is 0 Å². The molecule has 0 saturated carbocycles. The van der Waals surface area contributed by atoms with Crippen LogP contribution in [0.2, 0.25) is 0 Å². The Morgan fingerprint density at radius 3 is 2.72 bits per heavy atom. The minimum Gasteiger partial charge on any atom is -0.483 e. The molecule has 1 aliphatic heterocycles. The number of tetrazole rings is 1. The fourth-order valence-corrected chi connectivity index (χ4v) is 1.66. The molecular formula is C11H12N4O3. The Balaban J connectivity index is 2.00. The molecule has 7 heteroatoms. The lowest BCUT2D eigenvalue weighted by Crippen LogP contribution is -2.39. The Morgan fingerprint density at radius 2 is 2.11 bits per heavy atom. The highest BCUT2D eigenvalue weighted by atomic mass is 16.6. The number of hydrogen-bond acceptors (Lipinski definition) is 5. The van der Waals surface area contributed by atoms with E-state index in [1.54, 1.807) is 19.2 Å². The van der Waals surface area contributed by atoms with Crippen LogP contribution in [0.1, 0.15) is 0 Å². The van der Waals surface area contributed by atoms with Gasteiger partial charge < -0.3 is 9.47 Å². The van der Waals surface area contributed by atoms with Crippen molar-refractivity contribution in [3.8, 4) is 11.4 Å². The van der Waals surface area contributed by atoms with E-state index in [9.17, 15) is 4.79 Å². The summed E-state index contributed by atoms with van der Waals surface area (Å²) in [6.45, 7) is 1.15. The second kappa shape index (κ2) is 4.26. The maximum Gasteiger partial charge on any atom is 0.368 e. The van der Waals surface area contributed by atoms with Crippen LogP contribution >= 0.6 is 0 Å². The van der Waals surface area contributed by atoms with Crippen molar-refractivity contribution in [2.24, 2.45) is 7.05 Å². The molecule has 2 heterocycles. The third-order valence-corrected chi connectivity index (χ3v) is 2.72. The van der Waals surface area contributed by atoms with Crippen LogP contribution in [0.25, 0.3) is 5.69 Å². The van der Waals surface area contributed by atoms with Crippen molar-refractivity contribution in [2.75, 3.05) is 13.2 Å². The van der Waals surface area contributed by atoms with Gasteiger partial charge in [-0.1, -0.05) is 12.1 Å². The third-order valence-electron chi connectivity index (χ3n) is 2.72. The molecule has 0 N–H and O–H groups in total. The first kappa shape index (κ1) is 11.0. The molecule has 94 valence electrons. The molecule has 0 unspecified atom stereocenters. The fourth-order valence-electron chi connectivity index (χ4n) is 1.66. The monoisotopic (exact) mass is 248 g/mol. The normalized spacial score (nSPS) is 15.4. The van der Waals surface area contributed by atoms with Gasteiger partial charge in [-0.3, -0.25) is 0 Å². The van der Waals surface area contributed by atoms with Gasteiger partial charge in [0.1, 0.15) is 17.5 Å². The first-order chi connectivity index (χ1) is 8.75. The van der Waals surface area contributed by atoms with Crippen molar-refractivity contribution in [3.63, 3.8) is 0 Å². The standard InChI is InChI=1S/C11H12N4O3/c1-14-11(16)15(13-12-14)9-4-2-3-5-10(9)18-8-6-17-7-8/h2-5,8H,6-7H2,1H3. The van der Waals surface area contributed by atoms with E-state index >= 15 is 0 Å². The van der Waals surface area contributed by atoms with Crippen LogP contribution in [0.4, 0.5) is 0 Å². The molecule has 1 aliphatic rings. The first-order valence-electron chi connectivity index (χ1n) is 5.58. The molecule has 3 rings (SSSR count). The summed E-state index contributed by atoms with van der Waals surface area (Å²) >= 11 is 0. The van der Waals surface area contributed by atoms with Gasteiger partial charge in [0.05, 0.1) is 13.2 Å². The van der Waals surface area contributed by atoms with Crippen LogP contribution in [-0.4, -0.2) is 39.1 Å². The molecule has 0 spiro atoms. The predicted octanol–water partition coefficient (Wildman–Crippen LogP) is -0.256. The topological polar surface area (TPSA) is 71.2 Å². The minimum absolute atomic E-state index is 0.0403. The molecule has 2 aromatic rings. The zero-order valence-electron chi connectivity index (χ0n) is 9.81. The maximum absolute atomic E-state index is 11.8. The number of ether oxygens (including phenoxy) is 2. The summed E-state index contributed by atoms with van der Waals surface area (Å²) in [6.07, 6.45) is 0.0403. The van der Waals surface area contributed by atoms with Gasteiger partial charge in [-0.15, -0.1) is 0 Å². The number of hydrogen-bond donors (Lipinski definition) is 0. The van der Waals surface area contributed by atoms with Gasteiger partial charge in [0.15, 0.2) is 0 Å². The van der Waals surface area contributed by atoms with E-state index in [1.807, 2.05) is 12.1 Å². The number of nitrogens with zero attached hydrogens (tertiary/aromatic N) is 4. The lowest BCUT2D eigenvalue weighted by Gasteiger charge is -2.27. The van der Waals surface area contributed by atoms with E-state index in [0.717, 1.165) is 0 Å². The van der Waals surface area contributed by atoms with E-state index in [-0.39, 0.29) is 11.8 Å². The van der Waals surface area contributed by atoms with Crippen molar-refractivity contribution in [1.29, 1.82) is 0 Å². The Morgan fingerprint density at radius 1 is 1.33 bits per heavy atom. The number of para-hydroxylation sites is 2. The number of aryl methyl sites for hydroxylation is 1. The third kappa shape index (κ3) is 1.78. The minimum atomic E-state index is -0.309. The highest BCUT2D eigenvalue weighted by molar-refractivity contribution is 5.45. The van der Waals surface area contributed by atoms with Gasteiger partial charge in [0, 0.05) is 7.05 Å². The van der Waals surface area contributed by atoms with E-state index in [0.29, 0.717) is 24.7 Å². The molecule has 0 amide bonds. The Labute approximate surface area is 103 Å². The van der Waals surface area contributed by atoms with Crippen LogP contribution in [0.15, 0.2) is 29.1 Å². The zero-order valence-corrected chi connectivity index (χ0v) is 9.81. The van der Waals surface area contributed by atoms with E-state index in [4.69, 9.17) is 9.47 Å². The molecule has 7 nitrogen and oxygen atoms in total. The molecule has 1 aromatic carbocycles. The van der Waals surface area contributed by atoms with Gasteiger partial charge in [-0.05, 0) is 22.6 Å². The van der Waals surface area contributed by atoms with Gasteiger partial charge in [-0.2, -0.15) is 9.36 Å². The van der Waals surface area contributed by atoms with E-state index < -0.39 is 0 Å². The lowest BCUT2D eigenvalue weighted by molar-refractivity contribution is -0.0797. The molecule has 0 radical (unpaired) electrons. The zero-order chi connectivity index (χ0) is 12.5. The number of benzene rings is 1. The highest BCUT2D eigenvalue weighted by Gasteiger charge is 2.22. The van der Waals surface area contributed by atoms with Crippen molar-refractivity contribution in [2.45, 2.75) is 6.10 Å². The molecular weight excluding hydrogens is 236 g/mol. The van der Waals surface area contributed by atoms with E-state index in [2.05, 4.69) is 10.4 Å². The average molecular weight is 248 g/mol. The first-order valence-corrected chi connectivity index (χ1v) is 5.58. The summed E-state index contributed by atoms with van der Waals surface area (Å²) in [5, 5.41) is 7.49. The summed E-state index contributed by atoms with van der Waals surface area (Å²) < 4.78 is 13.2. The Kier molecular flexibility index (Phi) is 2.60. The molecule has 18 heavy (non-hydrogen) atoms. The van der Waals surface area contributed by atoms with E-state index in [1.165, 1.54) is 9.36 Å². The summed E-state index contributed by atoms with van der Waals surface area (Å²) in [6, 6.07) is 7.24. The number of rotatable bonds is 3. The molecule has 0 aliphatic carbocycles. The van der Waals surface area contributed by atoms with Crippen LogP contribution in [-0.2, 0) is 11.8 Å². The molecule has 1 fully saturated rings. The summed E-state index contributed by atoms with van der Waals surface area (Å²) in [4.78, 5) is 11.8. The summed E-state index contributed by atoms with van der Waals surface area (Å²) in [5.74, 6) is 0.605. The predicted molar refractivity (Wildman–Crippen MR) is 61.8 cm³/mol. The van der Waals surface area contributed by atoms with Crippen LogP contribution in [0.3, 0.4) is 0 Å². The van der Waals surface area contributed by atoms with Crippen LogP contribution in [0, 0.1) is 0 Å². The molecule has 0 bridgehead atoms. The smallest absolute Gasteiger partial charge is 0.368 e. The van der Waals surface area contributed by atoms with Crippen molar-refractivity contribution in [1.82, 2.24) is 19.8 Å². The fraction of sp³-hybridized carbons (Fsp3) is 0.364. The molecule has 1 saturated heterocycles. The maximum atomic E-state index is 11.8. The van der Waals surface area contributed by atoms with Gasteiger partial charge >= 0.3 is 5.69 Å². The quantitative estimate of drug-likeness (QED) is 0.748. The van der Waals surface area contributed by atoms with Gasteiger partial charge in [0.2, 0.25) is 0 Å². The van der Waals surface area contributed by atoms with Crippen LogP contribution in [0.5, 0.6) is 5.75 Å². The average Bonchev–Trinajstić information content (AvgIpc) is 2.66. The van der Waals surface area contributed by atoms with Crippen LogP contribution < -0.4 is 10.4 Å². The molecule has 0 atom stereocenters. The van der Waals surface area contributed by atoms with Crippen molar-refractivity contribution < 1.29 is 9.47 Å². The van der Waals surface area contributed by atoms with Gasteiger partial charge in [-0.25, -0.2) is 4.79 Å². The largest absolute Gasteiger partial charge is 0.483 e. The summed E-state index contributed by atoms with van der Waals surface area (Å²) in [5.41, 5.74) is 0.276. The SMILES string of the molecule is Cn1nnn(-c2ccccc2OC2COC2)c1=O. The molecule has 1 aromatic heterocycles. The number of aromatic nitrogens is 4. The second-order valence-corrected chi connectivity index (χ2v) is 4.04. The second-order valence-electron chi connectivity index (χ2n) is 4.04. The Bertz CT molecular complexity index is 615. The lowest BCUT2D eigenvalue weighted by atomic mass is 10.2. The van der Waals surface area contributed by atoms with Crippen molar-refractivity contribution in [3.05, 3.63) is 34.7 Å². The van der Waals surface area contributed by atoms with Crippen molar-refractivity contribution >= 4 is 0 Å².